The van der Waals surface area contributed by atoms with Gasteiger partial charge in [-0.3, -0.25) is 0 Å². The van der Waals surface area contributed by atoms with Crippen LogP contribution in [0.4, 0.5) is 14.7 Å². The largest absolute Gasteiger partial charge is 0.415 e. The molecular formula is C17H16F2N6O2. The maximum absolute atomic E-state index is 12.5. The van der Waals surface area contributed by atoms with Crippen molar-refractivity contribution in [2.75, 3.05) is 12.4 Å². The van der Waals surface area contributed by atoms with Crippen LogP contribution >= 0.6 is 0 Å². The van der Waals surface area contributed by atoms with Crippen molar-refractivity contribution in [3.63, 3.8) is 0 Å². The summed E-state index contributed by atoms with van der Waals surface area (Å²) in [5.41, 5.74) is 1.95. The van der Waals surface area contributed by atoms with Crippen LogP contribution in [0.15, 0.2) is 52.3 Å². The van der Waals surface area contributed by atoms with Gasteiger partial charge in [0.1, 0.15) is 7.11 Å². The number of benzene rings is 1. The summed E-state index contributed by atoms with van der Waals surface area (Å²) in [6.07, 6.45) is -0.0194. The summed E-state index contributed by atoms with van der Waals surface area (Å²) in [4.78, 5) is 13.2. The van der Waals surface area contributed by atoms with Gasteiger partial charge in [0, 0.05) is 12.4 Å². The number of aromatic nitrogens is 4. The first-order valence-electron chi connectivity index (χ1n) is 7.91. The zero-order valence-electron chi connectivity index (χ0n) is 14.5. The van der Waals surface area contributed by atoms with E-state index in [1.165, 1.54) is 19.5 Å². The van der Waals surface area contributed by atoms with Crippen LogP contribution in [-0.2, 0) is 4.84 Å². The fraction of sp³-hybridized carbons (Fsp3) is 0.235. The first kappa shape index (κ1) is 18.4. The van der Waals surface area contributed by atoms with Gasteiger partial charge < -0.3 is 14.6 Å². The van der Waals surface area contributed by atoms with Crippen molar-refractivity contribution in [2.45, 2.75) is 19.4 Å². The van der Waals surface area contributed by atoms with Gasteiger partial charge in [-0.1, -0.05) is 35.5 Å². The van der Waals surface area contributed by atoms with Crippen LogP contribution in [0.1, 0.15) is 30.8 Å². The molecule has 1 atom stereocenters. The molecule has 0 saturated heterocycles. The first-order valence-corrected chi connectivity index (χ1v) is 7.91. The highest BCUT2D eigenvalue weighted by Crippen LogP contribution is 2.23. The molecule has 1 aromatic carbocycles. The second kappa shape index (κ2) is 8.30. The molecule has 1 unspecified atom stereocenters. The SMILES string of the molecule is CON=C(C)C(Nc1ncc(-c2nnc(C(F)F)o2)cn1)c1ccccc1. The summed E-state index contributed by atoms with van der Waals surface area (Å²) < 4.78 is 30.0. The van der Waals surface area contributed by atoms with Crippen LogP contribution in [-0.4, -0.2) is 33.0 Å². The fourth-order valence-corrected chi connectivity index (χ4v) is 2.35. The molecule has 3 rings (SSSR count). The lowest BCUT2D eigenvalue weighted by atomic mass is 10.0. The van der Waals surface area contributed by atoms with Crippen LogP contribution in [0, 0.1) is 0 Å². The number of alkyl halides is 2. The third kappa shape index (κ3) is 4.40. The van der Waals surface area contributed by atoms with E-state index in [0.29, 0.717) is 17.2 Å². The number of hydrogen-bond donors (Lipinski definition) is 1. The minimum Gasteiger partial charge on any atom is -0.415 e. The van der Waals surface area contributed by atoms with E-state index in [4.69, 9.17) is 9.25 Å². The van der Waals surface area contributed by atoms with E-state index in [-0.39, 0.29) is 11.9 Å². The molecule has 8 nitrogen and oxygen atoms in total. The normalized spacial score (nSPS) is 12.9. The molecule has 10 heteroatoms. The Morgan fingerprint density at radius 2 is 1.85 bits per heavy atom. The molecule has 0 spiro atoms. The molecular weight excluding hydrogens is 358 g/mol. The Bertz CT molecular complexity index is 899. The molecule has 0 aliphatic rings. The molecule has 0 saturated carbocycles. The Balaban J connectivity index is 1.81. The molecule has 1 N–H and O–H groups in total. The summed E-state index contributed by atoms with van der Waals surface area (Å²) in [6, 6.07) is 9.28. The Labute approximate surface area is 153 Å². The van der Waals surface area contributed by atoms with Crippen molar-refractivity contribution in [3.05, 3.63) is 54.2 Å². The fourth-order valence-electron chi connectivity index (χ4n) is 2.35. The lowest BCUT2D eigenvalue weighted by Gasteiger charge is -2.18. The average molecular weight is 374 g/mol. The molecule has 0 fully saturated rings. The quantitative estimate of drug-likeness (QED) is 0.498. The zero-order chi connectivity index (χ0) is 19.2. The topological polar surface area (TPSA) is 98.3 Å². The van der Waals surface area contributed by atoms with Crippen LogP contribution < -0.4 is 5.32 Å². The van der Waals surface area contributed by atoms with Crippen LogP contribution in [0.2, 0.25) is 0 Å². The highest BCUT2D eigenvalue weighted by molar-refractivity contribution is 5.90. The van der Waals surface area contributed by atoms with E-state index < -0.39 is 12.3 Å². The Morgan fingerprint density at radius 3 is 2.44 bits per heavy atom. The number of nitrogens with one attached hydrogen (secondary N) is 1. The molecule has 3 aromatic rings. The highest BCUT2D eigenvalue weighted by Gasteiger charge is 2.19. The minimum atomic E-state index is -2.83. The van der Waals surface area contributed by atoms with Crippen molar-refractivity contribution < 1.29 is 18.0 Å². The third-order valence-electron chi connectivity index (χ3n) is 3.59. The molecule has 0 amide bonds. The molecule has 0 aliphatic heterocycles. The molecule has 140 valence electrons. The predicted octanol–water partition coefficient (Wildman–Crippen LogP) is 3.64. The van der Waals surface area contributed by atoms with Crippen LogP contribution in [0.25, 0.3) is 11.5 Å². The molecule has 2 heterocycles. The Hall–Kier alpha value is -3.43. The predicted molar refractivity (Wildman–Crippen MR) is 93.2 cm³/mol. The van der Waals surface area contributed by atoms with E-state index in [1.807, 2.05) is 37.3 Å². The second-order valence-electron chi connectivity index (χ2n) is 5.44. The van der Waals surface area contributed by atoms with E-state index in [0.717, 1.165) is 5.56 Å². The number of oxime groups is 1. The number of anilines is 1. The Morgan fingerprint density at radius 1 is 1.15 bits per heavy atom. The maximum Gasteiger partial charge on any atom is 0.314 e. The van der Waals surface area contributed by atoms with E-state index in [9.17, 15) is 8.78 Å². The van der Waals surface area contributed by atoms with Crippen LogP contribution in [0.3, 0.4) is 0 Å². The van der Waals surface area contributed by atoms with Crippen molar-refractivity contribution in [3.8, 4) is 11.5 Å². The zero-order valence-corrected chi connectivity index (χ0v) is 14.5. The molecule has 2 aromatic heterocycles. The number of nitrogens with zero attached hydrogens (tertiary/aromatic N) is 5. The monoisotopic (exact) mass is 374 g/mol. The number of hydrogen-bond acceptors (Lipinski definition) is 8. The van der Waals surface area contributed by atoms with Gasteiger partial charge in [0.2, 0.25) is 5.95 Å². The van der Waals surface area contributed by atoms with Crippen molar-refractivity contribution in [1.82, 2.24) is 20.2 Å². The summed E-state index contributed by atoms with van der Waals surface area (Å²) in [5.74, 6) is -0.511. The summed E-state index contributed by atoms with van der Waals surface area (Å²) in [7, 11) is 1.47. The van der Waals surface area contributed by atoms with Gasteiger partial charge in [-0.05, 0) is 12.5 Å². The van der Waals surface area contributed by atoms with E-state index in [1.54, 1.807) is 0 Å². The minimum absolute atomic E-state index is 0.0754. The summed E-state index contributed by atoms with van der Waals surface area (Å²) in [5, 5.41) is 14.0. The van der Waals surface area contributed by atoms with Crippen molar-refractivity contribution in [1.29, 1.82) is 0 Å². The van der Waals surface area contributed by atoms with Gasteiger partial charge in [0.15, 0.2) is 0 Å². The van der Waals surface area contributed by atoms with Gasteiger partial charge in [-0.2, -0.15) is 8.78 Å². The molecule has 0 radical (unpaired) electrons. The lowest BCUT2D eigenvalue weighted by Crippen LogP contribution is -2.20. The van der Waals surface area contributed by atoms with Gasteiger partial charge in [-0.15, -0.1) is 10.2 Å². The number of halogens is 2. The first-order chi connectivity index (χ1) is 13.1. The van der Waals surface area contributed by atoms with E-state index in [2.05, 4.69) is 30.6 Å². The van der Waals surface area contributed by atoms with Crippen molar-refractivity contribution >= 4 is 11.7 Å². The Kier molecular flexibility index (Phi) is 5.64. The van der Waals surface area contributed by atoms with Crippen molar-refractivity contribution in [2.24, 2.45) is 5.16 Å². The molecule has 27 heavy (non-hydrogen) atoms. The van der Waals surface area contributed by atoms with Gasteiger partial charge in [0.25, 0.3) is 11.8 Å². The number of rotatable bonds is 7. The second-order valence-corrected chi connectivity index (χ2v) is 5.44. The highest BCUT2D eigenvalue weighted by atomic mass is 19.3. The maximum atomic E-state index is 12.5. The van der Waals surface area contributed by atoms with Gasteiger partial charge in [-0.25, -0.2) is 9.97 Å². The summed E-state index contributed by atoms with van der Waals surface area (Å²) in [6.45, 7) is 1.81. The third-order valence-corrected chi connectivity index (χ3v) is 3.59. The van der Waals surface area contributed by atoms with Gasteiger partial charge >= 0.3 is 6.43 Å². The molecule has 0 aliphatic carbocycles. The summed E-state index contributed by atoms with van der Waals surface area (Å²) >= 11 is 0. The standard InChI is InChI=1S/C17H16F2N6O2/c1-10(25-26-2)13(11-6-4-3-5-7-11)22-17-20-8-12(9-21-17)15-23-24-16(27-15)14(18)19/h3-9,13-14H,1-2H3,(H,20,21,22). The van der Waals surface area contributed by atoms with Crippen LogP contribution in [0.5, 0.6) is 0 Å². The lowest BCUT2D eigenvalue weighted by molar-refractivity contribution is 0.116. The van der Waals surface area contributed by atoms with Gasteiger partial charge in [0.05, 0.1) is 17.3 Å². The average Bonchev–Trinajstić information content (AvgIpc) is 3.18. The smallest absolute Gasteiger partial charge is 0.314 e. The molecule has 0 bridgehead atoms. The van der Waals surface area contributed by atoms with E-state index >= 15 is 0 Å².